The standard InChI is InChI=1S/C15H16BrClO2S/c1-3-18-12-6-5-10(9-13(12)19-4-2)14(17)15-11(16)7-8-20-15/h5-9,14H,3-4H2,1-2H3. The Morgan fingerprint density at radius 2 is 1.85 bits per heavy atom. The zero-order valence-corrected chi connectivity index (χ0v) is 14.5. The van der Waals surface area contributed by atoms with Crippen LogP contribution in [0.1, 0.15) is 29.7 Å². The van der Waals surface area contributed by atoms with Gasteiger partial charge in [0.05, 0.1) is 18.6 Å². The van der Waals surface area contributed by atoms with E-state index < -0.39 is 0 Å². The van der Waals surface area contributed by atoms with E-state index >= 15 is 0 Å². The molecular weight excluding hydrogens is 360 g/mol. The number of hydrogen-bond donors (Lipinski definition) is 0. The summed E-state index contributed by atoms with van der Waals surface area (Å²) in [6.45, 7) is 5.12. The maximum absolute atomic E-state index is 6.56. The molecule has 0 N–H and O–H groups in total. The highest BCUT2D eigenvalue weighted by molar-refractivity contribution is 9.10. The van der Waals surface area contributed by atoms with E-state index in [-0.39, 0.29) is 5.38 Å². The predicted molar refractivity (Wildman–Crippen MR) is 88.5 cm³/mol. The third-order valence-electron chi connectivity index (χ3n) is 2.74. The molecule has 0 aliphatic rings. The van der Waals surface area contributed by atoms with Gasteiger partial charge in [-0.2, -0.15) is 0 Å². The van der Waals surface area contributed by atoms with Crippen LogP contribution in [0.25, 0.3) is 0 Å². The maximum Gasteiger partial charge on any atom is 0.161 e. The Labute approximate surface area is 136 Å². The Morgan fingerprint density at radius 3 is 2.45 bits per heavy atom. The van der Waals surface area contributed by atoms with E-state index in [0.717, 1.165) is 26.4 Å². The molecule has 1 aromatic heterocycles. The van der Waals surface area contributed by atoms with Crippen molar-refractivity contribution in [3.63, 3.8) is 0 Å². The van der Waals surface area contributed by atoms with Crippen molar-refractivity contribution in [2.75, 3.05) is 13.2 Å². The Kier molecular flexibility index (Phi) is 5.75. The van der Waals surface area contributed by atoms with Gasteiger partial charge in [0, 0.05) is 9.35 Å². The Balaban J connectivity index is 2.32. The fourth-order valence-electron chi connectivity index (χ4n) is 1.86. The van der Waals surface area contributed by atoms with Crippen LogP contribution >= 0.6 is 38.9 Å². The average Bonchev–Trinajstić information content (AvgIpc) is 2.86. The fourth-order valence-corrected chi connectivity index (χ4v) is 4.01. The molecule has 0 aliphatic carbocycles. The second-order valence-corrected chi connectivity index (χ2v) is 6.31. The first-order valence-electron chi connectivity index (χ1n) is 6.43. The zero-order chi connectivity index (χ0) is 14.5. The van der Waals surface area contributed by atoms with Gasteiger partial charge in [0.1, 0.15) is 0 Å². The summed E-state index contributed by atoms with van der Waals surface area (Å²) < 4.78 is 12.2. The van der Waals surface area contributed by atoms with Gasteiger partial charge in [0.2, 0.25) is 0 Å². The summed E-state index contributed by atoms with van der Waals surface area (Å²) in [5.41, 5.74) is 1.00. The van der Waals surface area contributed by atoms with E-state index in [1.165, 1.54) is 0 Å². The SMILES string of the molecule is CCOc1ccc(C(Cl)c2sccc2Br)cc1OCC. The van der Waals surface area contributed by atoms with Gasteiger partial charge in [-0.1, -0.05) is 6.07 Å². The van der Waals surface area contributed by atoms with E-state index in [4.69, 9.17) is 21.1 Å². The summed E-state index contributed by atoms with van der Waals surface area (Å²) in [5.74, 6) is 1.50. The summed E-state index contributed by atoms with van der Waals surface area (Å²) in [6.07, 6.45) is 0. The monoisotopic (exact) mass is 374 g/mol. The van der Waals surface area contributed by atoms with Crippen molar-refractivity contribution < 1.29 is 9.47 Å². The van der Waals surface area contributed by atoms with Gasteiger partial charge in [-0.15, -0.1) is 22.9 Å². The molecule has 2 nitrogen and oxygen atoms in total. The minimum atomic E-state index is -0.195. The molecule has 1 heterocycles. The average molecular weight is 376 g/mol. The smallest absolute Gasteiger partial charge is 0.161 e. The summed E-state index contributed by atoms with van der Waals surface area (Å²) in [4.78, 5) is 1.10. The van der Waals surface area contributed by atoms with E-state index in [9.17, 15) is 0 Å². The Bertz CT molecular complexity index is 571. The van der Waals surface area contributed by atoms with E-state index in [1.54, 1.807) is 11.3 Å². The molecule has 20 heavy (non-hydrogen) atoms. The molecule has 0 saturated carbocycles. The lowest BCUT2D eigenvalue weighted by Gasteiger charge is -2.15. The van der Waals surface area contributed by atoms with E-state index in [1.807, 2.05) is 43.5 Å². The van der Waals surface area contributed by atoms with Crippen LogP contribution in [0.4, 0.5) is 0 Å². The molecular formula is C15H16BrClO2S. The van der Waals surface area contributed by atoms with Crippen molar-refractivity contribution >= 4 is 38.9 Å². The number of hydrogen-bond acceptors (Lipinski definition) is 3. The van der Waals surface area contributed by atoms with Gasteiger partial charge in [-0.3, -0.25) is 0 Å². The molecule has 0 aliphatic heterocycles. The molecule has 1 aromatic carbocycles. The number of benzene rings is 1. The molecule has 0 spiro atoms. The molecule has 1 unspecified atom stereocenters. The van der Waals surface area contributed by atoms with Gasteiger partial charge in [-0.25, -0.2) is 0 Å². The highest BCUT2D eigenvalue weighted by atomic mass is 79.9. The van der Waals surface area contributed by atoms with Gasteiger partial charge in [-0.05, 0) is 58.9 Å². The van der Waals surface area contributed by atoms with E-state index in [0.29, 0.717) is 13.2 Å². The third kappa shape index (κ3) is 3.48. The van der Waals surface area contributed by atoms with Crippen LogP contribution in [-0.2, 0) is 0 Å². The summed E-state index contributed by atoms with van der Waals surface area (Å²) >= 11 is 11.7. The van der Waals surface area contributed by atoms with Crippen LogP contribution in [-0.4, -0.2) is 13.2 Å². The van der Waals surface area contributed by atoms with E-state index in [2.05, 4.69) is 15.9 Å². The van der Waals surface area contributed by atoms with Crippen LogP contribution in [0.3, 0.4) is 0 Å². The number of ether oxygens (including phenoxy) is 2. The lowest BCUT2D eigenvalue weighted by atomic mass is 10.1. The minimum absolute atomic E-state index is 0.195. The second-order valence-electron chi connectivity index (χ2n) is 4.07. The zero-order valence-electron chi connectivity index (χ0n) is 11.4. The van der Waals surface area contributed by atoms with Crippen molar-refractivity contribution in [2.24, 2.45) is 0 Å². The number of rotatable bonds is 6. The second kappa shape index (κ2) is 7.34. The highest BCUT2D eigenvalue weighted by Gasteiger charge is 2.17. The van der Waals surface area contributed by atoms with Crippen molar-refractivity contribution in [1.82, 2.24) is 0 Å². The molecule has 0 amide bonds. The summed E-state index contributed by atoms with van der Waals surface area (Å²) in [6, 6.07) is 7.86. The van der Waals surface area contributed by atoms with Gasteiger partial charge in [0.25, 0.3) is 0 Å². The quantitative estimate of drug-likeness (QED) is 0.609. The molecule has 0 fully saturated rings. The van der Waals surface area contributed by atoms with Crippen LogP contribution < -0.4 is 9.47 Å². The molecule has 5 heteroatoms. The number of thiophene rings is 1. The highest BCUT2D eigenvalue weighted by Crippen LogP contribution is 2.40. The number of alkyl halides is 1. The third-order valence-corrected chi connectivity index (χ3v) is 5.27. The summed E-state index contributed by atoms with van der Waals surface area (Å²) in [7, 11) is 0. The fraction of sp³-hybridized carbons (Fsp3) is 0.333. The summed E-state index contributed by atoms with van der Waals surface area (Å²) in [5, 5.41) is 1.83. The lowest BCUT2D eigenvalue weighted by Crippen LogP contribution is -2.00. The molecule has 108 valence electrons. The van der Waals surface area contributed by atoms with Crippen LogP contribution in [0.5, 0.6) is 11.5 Å². The van der Waals surface area contributed by atoms with Crippen LogP contribution in [0.15, 0.2) is 34.1 Å². The first kappa shape index (κ1) is 15.7. The Morgan fingerprint density at radius 1 is 1.15 bits per heavy atom. The van der Waals surface area contributed by atoms with Gasteiger partial charge < -0.3 is 9.47 Å². The first-order chi connectivity index (χ1) is 9.67. The predicted octanol–water partition coefficient (Wildman–Crippen LogP) is 5.64. The normalized spacial score (nSPS) is 12.2. The van der Waals surface area contributed by atoms with Gasteiger partial charge in [0.15, 0.2) is 11.5 Å². The van der Waals surface area contributed by atoms with Crippen molar-refractivity contribution in [3.8, 4) is 11.5 Å². The minimum Gasteiger partial charge on any atom is -0.490 e. The maximum atomic E-state index is 6.56. The Hall–Kier alpha value is -0.710. The first-order valence-corrected chi connectivity index (χ1v) is 8.54. The lowest BCUT2D eigenvalue weighted by molar-refractivity contribution is 0.287. The topological polar surface area (TPSA) is 18.5 Å². The molecule has 0 radical (unpaired) electrons. The van der Waals surface area contributed by atoms with Crippen LogP contribution in [0.2, 0.25) is 0 Å². The van der Waals surface area contributed by atoms with Crippen LogP contribution in [0, 0.1) is 0 Å². The molecule has 1 atom stereocenters. The molecule has 2 aromatic rings. The van der Waals surface area contributed by atoms with Crippen molar-refractivity contribution in [1.29, 1.82) is 0 Å². The van der Waals surface area contributed by atoms with Gasteiger partial charge >= 0.3 is 0 Å². The van der Waals surface area contributed by atoms with Crippen molar-refractivity contribution in [2.45, 2.75) is 19.2 Å². The molecule has 0 saturated heterocycles. The largest absolute Gasteiger partial charge is 0.490 e. The molecule has 0 bridgehead atoms. The molecule has 2 rings (SSSR count). The number of halogens is 2. The van der Waals surface area contributed by atoms with Crippen molar-refractivity contribution in [3.05, 3.63) is 44.6 Å².